The van der Waals surface area contributed by atoms with Gasteiger partial charge in [-0.2, -0.15) is 0 Å². The Labute approximate surface area is 123 Å². The molecule has 0 spiro atoms. The van der Waals surface area contributed by atoms with Crippen molar-refractivity contribution >= 4 is 27.3 Å². The van der Waals surface area contributed by atoms with Gasteiger partial charge in [0.2, 0.25) is 0 Å². The zero-order chi connectivity index (χ0) is 14.3. The lowest BCUT2D eigenvalue weighted by atomic mass is 10.1. The summed E-state index contributed by atoms with van der Waals surface area (Å²) >= 11 is 6.06. The second kappa shape index (κ2) is 4.79. The van der Waals surface area contributed by atoms with E-state index in [0.29, 0.717) is 0 Å². The fraction of sp³-hybridized carbons (Fsp3) is 0.200. The van der Waals surface area contributed by atoms with Crippen molar-refractivity contribution in [3.05, 3.63) is 59.1 Å². The van der Waals surface area contributed by atoms with E-state index in [2.05, 4.69) is 0 Å². The molecule has 0 bridgehead atoms. The molecule has 1 aliphatic heterocycles. The van der Waals surface area contributed by atoms with Gasteiger partial charge in [-0.25, -0.2) is 8.42 Å². The van der Waals surface area contributed by atoms with Crippen molar-refractivity contribution in [1.82, 2.24) is 0 Å². The average Bonchev–Trinajstić information content (AvgIpc) is 2.75. The molecule has 1 aliphatic rings. The van der Waals surface area contributed by atoms with Crippen LogP contribution in [0.5, 0.6) is 0 Å². The maximum Gasteiger partial charge on any atom is 0.266 e. The number of fused-ring (bicyclic) bond motifs is 1. The van der Waals surface area contributed by atoms with Crippen LogP contribution in [0.4, 0.5) is 5.69 Å². The summed E-state index contributed by atoms with van der Waals surface area (Å²) in [7, 11) is -3.63. The Morgan fingerprint density at radius 3 is 2.50 bits per heavy atom. The van der Waals surface area contributed by atoms with Gasteiger partial charge in [0.1, 0.15) is 4.90 Å². The summed E-state index contributed by atoms with van der Waals surface area (Å²) in [5.74, 6) is 0. The SMILES string of the molecule is C[C@H]1Cc2ccccc2N1S(=O)(=O)c1ccccc1Cl. The van der Waals surface area contributed by atoms with Gasteiger partial charge in [0.05, 0.1) is 10.7 Å². The highest BCUT2D eigenvalue weighted by Crippen LogP contribution is 2.37. The van der Waals surface area contributed by atoms with Crippen LogP contribution >= 0.6 is 11.6 Å². The Hall–Kier alpha value is -1.52. The fourth-order valence-corrected chi connectivity index (χ4v) is 4.85. The molecule has 2 aromatic carbocycles. The predicted molar refractivity (Wildman–Crippen MR) is 80.7 cm³/mol. The molecule has 0 aromatic heterocycles. The van der Waals surface area contributed by atoms with E-state index in [4.69, 9.17) is 11.6 Å². The van der Waals surface area contributed by atoms with Crippen LogP contribution in [0.1, 0.15) is 12.5 Å². The van der Waals surface area contributed by atoms with Crippen molar-refractivity contribution in [1.29, 1.82) is 0 Å². The number of nitrogens with zero attached hydrogens (tertiary/aromatic N) is 1. The number of hydrogen-bond donors (Lipinski definition) is 0. The van der Waals surface area contributed by atoms with Crippen LogP contribution in [0.2, 0.25) is 5.02 Å². The molecule has 0 fully saturated rings. The van der Waals surface area contributed by atoms with Crippen LogP contribution in [0.25, 0.3) is 0 Å². The van der Waals surface area contributed by atoms with Crippen molar-refractivity contribution in [2.75, 3.05) is 4.31 Å². The minimum Gasteiger partial charge on any atom is -0.263 e. The van der Waals surface area contributed by atoms with Gasteiger partial charge in [-0.15, -0.1) is 0 Å². The van der Waals surface area contributed by atoms with E-state index in [1.54, 1.807) is 24.3 Å². The van der Waals surface area contributed by atoms with E-state index in [1.807, 2.05) is 31.2 Å². The molecule has 0 aliphatic carbocycles. The zero-order valence-electron chi connectivity index (χ0n) is 11.0. The third-order valence-corrected chi connectivity index (χ3v) is 5.95. The molecule has 0 radical (unpaired) electrons. The Morgan fingerprint density at radius 1 is 1.10 bits per heavy atom. The Morgan fingerprint density at radius 2 is 1.75 bits per heavy atom. The van der Waals surface area contributed by atoms with Gasteiger partial charge in [0.25, 0.3) is 10.0 Å². The molecule has 3 rings (SSSR count). The number of para-hydroxylation sites is 1. The molecule has 0 N–H and O–H groups in total. The van der Waals surface area contributed by atoms with Gasteiger partial charge in [-0.1, -0.05) is 41.9 Å². The maximum atomic E-state index is 12.9. The summed E-state index contributed by atoms with van der Waals surface area (Å²) in [5, 5.41) is 0.254. The molecule has 5 heteroatoms. The second-order valence-electron chi connectivity index (χ2n) is 4.91. The van der Waals surface area contributed by atoms with Crippen molar-refractivity contribution in [2.24, 2.45) is 0 Å². The van der Waals surface area contributed by atoms with Crippen LogP contribution in [-0.4, -0.2) is 14.5 Å². The minimum absolute atomic E-state index is 0.103. The third-order valence-electron chi connectivity index (χ3n) is 3.52. The number of hydrogen-bond acceptors (Lipinski definition) is 2. The van der Waals surface area contributed by atoms with E-state index in [1.165, 1.54) is 4.31 Å². The molecule has 0 saturated carbocycles. The van der Waals surface area contributed by atoms with Gasteiger partial charge < -0.3 is 0 Å². The largest absolute Gasteiger partial charge is 0.266 e. The van der Waals surface area contributed by atoms with E-state index in [9.17, 15) is 8.42 Å². The molecule has 0 saturated heterocycles. The van der Waals surface area contributed by atoms with Crippen LogP contribution in [0.15, 0.2) is 53.4 Å². The molecule has 1 atom stereocenters. The standard InChI is InChI=1S/C15H14ClNO2S/c1-11-10-12-6-2-4-8-14(12)17(11)20(18,19)15-9-5-3-7-13(15)16/h2-9,11H,10H2,1H3/t11-/m0/s1. The van der Waals surface area contributed by atoms with Gasteiger partial charge >= 0.3 is 0 Å². The molecule has 1 heterocycles. The molecule has 0 amide bonds. The summed E-state index contributed by atoms with van der Waals surface area (Å²) in [6.45, 7) is 1.91. The van der Waals surface area contributed by atoms with Gasteiger partial charge in [0.15, 0.2) is 0 Å². The normalized spacial score (nSPS) is 18.1. The lowest BCUT2D eigenvalue weighted by molar-refractivity contribution is 0.584. The maximum absolute atomic E-state index is 12.9. The molecule has 0 unspecified atom stereocenters. The Kier molecular flexibility index (Phi) is 3.22. The van der Waals surface area contributed by atoms with E-state index in [-0.39, 0.29) is 16.0 Å². The summed E-state index contributed by atoms with van der Waals surface area (Å²) in [4.78, 5) is 0.158. The van der Waals surface area contributed by atoms with Crippen LogP contribution in [0, 0.1) is 0 Å². The number of halogens is 1. The third kappa shape index (κ3) is 2.00. The Bertz CT molecular complexity index is 758. The molecular weight excluding hydrogens is 294 g/mol. The van der Waals surface area contributed by atoms with Crippen LogP contribution < -0.4 is 4.31 Å². The van der Waals surface area contributed by atoms with Crippen LogP contribution in [0.3, 0.4) is 0 Å². The number of sulfonamides is 1. The monoisotopic (exact) mass is 307 g/mol. The first-order valence-corrected chi connectivity index (χ1v) is 8.20. The summed E-state index contributed by atoms with van der Waals surface area (Å²) in [5.41, 5.74) is 1.80. The highest BCUT2D eigenvalue weighted by molar-refractivity contribution is 7.93. The zero-order valence-corrected chi connectivity index (χ0v) is 12.5. The first-order valence-electron chi connectivity index (χ1n) is 6.38. The second-order valence-corrected chi connectivity index (χ2v) is 7.10. The number of benzene rings is 2. The number of rotatable bonds is 2. The molecule has 104 valence electrons. The van der Waals surface area contributed by atoms with E-state index in [0.717, 1.165) is 17.7 Å². The van der Waals surface area contributed by atoms with Crippen molar-refractivity contribution in [3.63, 3.8) is 0 Å². The lowest BCUT2D eigenvalue weighted by Gasteiger charge is -2.24. The van der Waals surface area contributed by atoms with Gasteiger partial charge in [-0.3, -0.25) is 4.31 Å². The highest BCUT2D eigenvalue weighted by Gasteiger charge is 2.36. The van der Waals surface area contributed by atoms with Crippen molar-refractivity contribution < 1.29 is 8.42 Å². The minimum atomic E-state index is -3.63. The first kappa shape index (κ1) is 13.5. The molecule has 3 nitrogen and oxygen atoms in total. The molecule has 20 heavy (non-hydrogen) atoms. The molecular formula is C15H14ClNO2S. The average molecular weight is 308 g/mol. The lowest BCUT2D eigenvalue weighted by Crippen LogP contribution is -2.35. The predicted octanol–water partition coefficient (Wildman–Crippen LogP) is 3.48. The Balaban J connectivity index is 2.16. The first-order chi connectivity index (χ1) is 9.51. The van der Waals surface area contributed by atoms with E-state index < -0.39 is 10.0 Å². The summed E-state index contributed by atoms with van der Waals surface area (Å²) in [6, 6.07) is 14.0. The van der Waals surface area contributed by atoms with Crippen molar-refractivity contribution in [3.8, 4) is 0 Å². The highest BCUT2D eigenvalue weighted by atomic mass is 35.5. The summed E-state index contributed by atoms with van der Waals surface area (Å²) < 4.78 is 27.2. The topological polar surface area (TPSA) is 37.4 Å². The number of anilines is 1. The van der Waals surface area contributed by atoms with Gasteiger partial charge in [0, 0.05) is 6.04 Å². The van der Waals surface area contributed by atoms with E-state index >= 15 is 0 Å². The van der Waals surface area contributed by atoms with Gasteiger partial charge in [-0.05, 0) is 37.1 Å². The molecule has 2 aromatic rings. The van der Waals surface area contributed by atoms with Crippen LogP contribution in [-0.2, 0) is 16.4 Å². The smallest absolute Gasteiger partial charge is 0.263 e. The quantitative estimate of drug-likeness (QED) is 0.852. The fourth-order valence-electron chi connectivity index (χ4n) is 2.66. The van der Waals surface area contributed by atoms with Crippen molar-refractivity contribution in [2.45, 2.75) is 24.3 Å². The summed E-state index contributed by atoms with van der Waals surface area (Å²) in [6.07, 6.45) is 0.722.